The summed E-state index contributed by atoms with van der Waals surface area (Å²) in [6, 6.07) is 0. The Morgan fingerprint density at radius 2 is 0.773 bits per heavy atom. The number of hydrogen-bond acceptors (Lipinski definition) is 10. The summed E-state index contributed by atoms with van der Waals surface area (Å²) in [6.07, 6.45) is 0. The van der Waals surface area contributed by atoms with Gasteiger partial charge in [-0.1, -0.05) is 0 Å². The molecule has 0 aromatic heterocycles. The third-order valence-corrected chi connectivity index (χ3v) is 2.14. The quantitative estimate of drug-likeness (QED) is 0.266. The Balaban J connectivity index is -0.00000180. The summed E-state index contributed by atoms with van der Waals surface area (Å²) in [5.74, 6) is -6.12. The van der Waals surface area contributed by atoms with Crippen LogP contribution in [0.25, 0.3) is 0 Å². The van der Waals surface area contributed by atoms with Crippen LogP contribution in [0.4, 0.5) is 0 Å². The van der Waals surface area contributed by atoms with Crippen LogP contribution in [0.15, 0.2) is 0 Å². The maximum atomic E-state index is 10.4. The van der Waals surface area contributed by atoms with Crippen LogP contribution in [0.3, 0.4) is 0 Å². The van der Waals surface area contributed by atoms with Gasteiger partial charge in [0.2, 0.25) is 0 Å². The number of aliphatic carboxylic acids is 4. The number of carboxylic acids is 4. The molecule has 0 saturated heterocycles. The minimum absolute atomic E-state index is 0. The second-order valence-corrected chi connectivity index (χ2v) is 3.91. The van der Waals surface area contributed by atoms with Crippen molar-refractivity contribution in [3.8, 4) is 0 Å². The van der Waals surface area contributed by atoms with Gasteiger partial charge in [-0.2, -0.15) is 0 Å². The summed E-state index contributed by atoms with van der Waals surface area (Å²) >= 11 is 0. The van der Waals surface area contributed by atoms with Crippen LogP contribution in [0.2, 0.25) is 0 Å². The molecule has 0 aromatic rings. The number of nitrogens with zero attached hydrogens (tertiary/aromatic N) is 2. The van der Waals surface area contributed by atoms with Crippen molar-refractivity contribution >= 4 is 23.9 Å². The van der Waals surface area contributed by atoms with Crippen LogP contribution in [0.1, 0.15) is 0 Å². The fraction of sp³-hybridized carbons (Fsp3) is 0.600. The van der Waals surface area contributed by atoms with Crippen molar-refractivity contribution in [3.05, 3.63) is 0 Å². The summed E-state index contributed by atoms with van der Waals surface area (Å²) < 4.78 is 0. The molecule has 0 amide bonds. The van der Waals surface area contributed by atoms with Gasteiger partial charge in [0.05, 0.1) is 23.9 Å². The SMILES string of the molecule is O=C([O-])CN(CCN(CC(=O)[O-])CC(=O)[O-])CC(=O)[O-].[Gd+3].[Na+]. The largest absolute Gasteiger partial charge is 3.00 e. The topological polar surface area (TPSA) is 167 Å². The monoisotopic (exact) mass is 469 g/mol. The number of rotatable bonds is 11. The van der Waals surface area contributed by atoms with Crippen molar-refractivity contribution in [3.63, 3.8) is 0 Å². The fourth-order valence-electron chi connectivity index (χ4n) is 1.44. The first-order chi connectivity index (χ1) is 9.20. The van der Waals surface area contributed by atoms with Gasteiger partial charge < -0.3 is 39.6 Å². The molecule has 0 aliphatic heterocycles. The summed E-state index contributed by atoms with van der Waals surface area (Å²) in [7, 11) is 0. The molecule has 0 aliphatic rings. The molecule has 10 nitrogen and oxygen atoms in total. The molecular formula is C10H12GdN2NaO8. The van der Waals surface area contributed by atoms with Crippen LogP contribution in [-0.4, -0.2) is 72.9 Å². The third kappa shape index (κ3) is 16.5. The zero-order chi connectivity index (χ0) is 15.7. The van der Waals surface area contributed by atoms with Crippen LogP contribution in [0.5, 0.6) is 0 Å². The van der Waals surface area contributed by atoms with Crippen LogP contribution >= 0.6 is 0 Å². The number of carboxylic acid groups (broad SMARTS) is 4. The number of carbonyl (C=O) groups excluding carboxylic acids is 4. The van der Waals surface area contributed by atoms with Crippen LogP contribution in [-0.2, 0) is 19.2 Å². The van der Waals surface area contributed by atoms with Gasteiger partial charge in [-0.15, -0.1) is 0 Å². The molecule has 0 atom stereocenters. The van der Waals surface area contributed by atoms with E-state index >= 15 is 0 Å². The van der Waals surface area contributed by atoms with Gasteiger partial charge in [-0.3, -0.25) is 9.80 Å². The fourth-order valence-corrected chi connectivity index (χ4v) is 1.44. The molecule has 0 aromatic carbocycles. The first-order valence-corrected chi connectivity index (χ1v) is 5.44. The molecule has 0 unspecified atom stereocenters. The molecule has 0 rings (SSSR count). The average Bonchev–Trinajstić information content (AvgIpc) is 2.22. The third-order valence-electron chi connectivity index (χ3n) is 2.14. The van der Waals surface area contributed by atoms with Crippen LogP contribution < -0.4 is 50.0 Å². The maximum absolute atomic E-state index is 10.4. The van der Waals surface area contributed by atoms with Crippen molar-refractivity contribution in [1.29, 1.82) is 0 Å². The van der Waals surface area contributed by atoms with Crippen molar-refractivity contribution < 1.29 is 109 Å². The normalized spacial score (nSPS) is 9.73. The van der Waals surface area contributed by atoms with E-state index in [0.717, 1.165) is 9.80 Å². The van der Waals surface area contributed by atoms with Crippen molar-refractivity contribution in [2.24, 2.45) is 0 Å². The van der Waals surface area contributed by atoms with Gasteiger partial charge in [0.15, 0.2) is 0 Å². The molecule has 0 fully saturated rings. The molecule has 22 heavy (non-hydrogen) atoms. The smallest absolute Gasteiger partial charge is 0.549 e. The Labute approximate surface area is 180 Å². The molecular weight excluding hydrogens is 456 g/mol. The molecule has 119 valence electrons. The molecule has 0 bridgehead atoms. The molecule has 12 heteroatoms. The predicted octanol–water partition coefficient (Wildman–Crippen LogP) is -10.4. The average molecular weight is 468 g/mol. The summed E-state index contributed by atoms with van der Waals surface area (Å²) in [4.78, 5) is 43.4. The molecule has 1 radical (unpaired) electrons. The first-order valence-electron chi connectivity index (χ1n) is 5.44. The minimum atomic E-state index is -1.53. The maximum Gasteiger partial charge on any atom is 3.00 e. The van der Waals surface area contributed by atoms with E-state index in [9.17, 15) is 39.6 Å². The van der Waals surface area contributed by atoms with E-state index in [1.165, 1.54) is 0 Å². The van der Waals surface area contributed by atoms with Gasteiger partial charge in [0.25, 0.3) is 0 Å². The first kappa shape index (κ1) is 27.0. The van der Waals surface area contributed by atoms with E-state index in [4.69, 9.17) is 0 Å². The van der Waals surface area contributed by atoms with E-state index < -0.39 is 50.1 Å². The summed E-state index contributed by atoms with van der Waals surface area (Å²) in [5, 5.41) is 41.6. The van der Waals surface area contributed by atoms with Crippen molar-refractivity contribution in [2.45, 2.75) is 0 Å². The number of carbonyl (C=O) groups is 4. The van der Waals surface area contributed by atoms with Crippen molar-refractivity contribution in [2.75, 3.05) is 39.3 Å². The molecule has 0 N–H and O–H groups in total. The van der Waals surface area contributed by atoms with Gasteiger partial charge in [0, 0.05) is 39.3 Å². The number of hydrogen-bond donors (Lipinski definition) is 0. The molecule has 0 aliphatic carbocycles. The van der Waals surface area contributed by atoms with E-state index in [0.29, 0.717) is 0 Å². The van der Waals surface area contributed by atoms with Crippen LogP contribution in [0, 0.1) is 39.9 Å². The zero-order valence-corrected chi connectivity index (χ0v) is 16.0. The zero-order valence-electron chi connectivity index (χ0n) is 11.8. The minimum Gasteiger partial charge on any atom is -0.549 e. The summed E-state index contributed by atoms with van der Waals surface area (Å²) in [6.45, 7) is -3.25. The Morgan fingerprint density at radius 3 is 0.909 bits per heavy atom. The Morgan fingerprint density at radius 1 is 0.591 bits per heavy atom. The Hall–Kier alpha value is 0.125. The van der Waals surface area contributed by atoms with Gasteiger partial charge >= 0.3 is 69.5 Å². The van der Waals surface area contributed by atoms with E-state index in [-0.39, 0.29) is 82.6 Å². The van der Waals surface area contributed by atoms with E-state index in [1.807, 2.05) is 0 Å². The standard InChI is InChI=1S/C10H16N2O8.Gd.Na/c13-7(14)3-11(4-8(15)16)1-2-12(5-9(17)18)6-10(19)20;;/h1-6H2,(H,13,14)(H,15,16)(H,17,18)(H,19,20);;/q;+3;+1/p-4. The summed E-state index contributed by atoms with van der Waals surface area (Å²) in [5.41, 5.74) is 0. The second-order valence-electron chi connectivity index (χ2n) is 3.91. The van der Waals surface area contributed by atoms with Gasteiger partial charge in [0.1, 0.15) is 0 Å². The molecule has 0 saturated carbocycles. The second kappa shape index (κ2) is 14.7. The Bertz CT molecular complexity index is 327. The van der Waals surface area contributed by atoms with Crippen molar-refractivity contribution in [1.82, 2.24) is 9.80 Å². The Kier molecular flexibility index (Phi) is 18.0. The van der Waals surface area contributed by atoms with E-state index in [2.05, 4.69) is 0 Å². The van der Waals surface area contributed by atoms with Gasteiger partial charge in [-0.25, -0.2) is 0 Å². The molecule has 0 heterocycles. The van der Waals surface area contributed by atoms with E-state index in [1.54, 1.807) is 0 Å². The molecule has 0 spiro atoms. The predicted molar refractivity (Wildman–Crippen MR) is 52.9 cm³/mol. The van der Waals surface area contributed by atoms with Gasteiger partial charge in [-0.05, 0) is 0 Å².